The van der Waals surface area contributed by atoms with Gasteiger partial charge in [0, 0.05) is 15.5 Å². The summed E-state index contributed by atoms with van der Waals surface area (Å²) < 4.78 is 32.9. The molecule has 0 amide bonds. The zero-order chi connectivity index (χ0) is 15.0. The van der Waals surface area contributed by atoms with Gasteiger partial charge in [0.15, 0.2) is 11.6 Å². The number of aliphatic hydroxyl groups is 1. The maximum absolute atomic E-state index is 14.0. The number of ether oxygens (including phenoxy) is 1. The molecular weight excluding hydrogens is 318 g/mol. The Bertz CT molecular complexity index is 663. The molecule has 0 fully saturated rings. The van der Waals surface area contributed by atoms with Crippen molar-refractivity contribution >= 4 is 23.4 Å². The molecule has 2 aromatic rings. The lowest BCUT2D eigenvalue weighted by atomic mass is 10.0. The Morgan fingerprint density at radius 1 is 1.10 bits per heavy atom. The van der Waals surface area contributed by atoms with Crippen molar-refractivity contribution in [3.63, 3.8) is 0 Å². The zero-order valence-corrected chi connectivity index (χ0v) is 12.3. The summed E-state index contributed by atoms with van der Waals surface area (Å²) >= 11 is 7.07. The summed E-state index contributed by atoms with van der Waals surface area (Å²) in [6, 6.07) is 9.02. The van der Waals surface area contributed by atoms with Crippen molar-refractivity contribution in [1.82, 2.24) is 0 Å². The second-order valence-electron chi connectivity index (χ2n) is 4.64. The van der Waals surface area contributed by atoms with Gasteiger partial charge < -0.3 is 9.84 Å². The van der Waals surface area contributed by atoms with Gasteiger partial charge in [-0.1, -0.05) is 11.6 Å². The maximum atomic E-state index is 14.0. The van der Waals surface area contributed by atoms with E-state index in [9.17, 15) is 13.9 Å². The van der Waals surface area contributed by atoms with E-state index in [1.165, 1.54) is 11.8 Å². The molecule has 0 aliphatic carbocycles. The molecule has 0 saturated carbocycles. The van der Waals surface area contributed by atoms with Gasteiger partial charge in [-0.3, -0.25) is 0 Å². The first kappa shape index (κ1) is 14.6. The Labute approximate surface area is 129 Å². The standard InChI is InChI=1S/C15H11ClF2O2S/c16-8-1-3-9(4-2-8)21-15-12(19)7-20-14-11(18)6-5-10(17)13(14)15/h1-6,12,15,19H,7H2. The van der Waals surface area contributed by atoms with Crippen LogP contribution in [0.25, 0.3) is 0 Å². The number of hydrogen-bond donors (Lipinski definition) is 1. The molecule has 1 aliphatic rings. The van der Waals surface area contributed by atoms with Gasteiger partial charge in [0.1, 0.15) is 18.5 Å². The van der Waals surface area contributed by atoms with Crippen LogP contribution in [0.5, 0.6) is 5.75 Å². The fourth-order valence-electron chi connectivity index (χ4n) is 2.21. The van der Waals surface area contributed by atoms with E-state index < -0.39 is 23.0 Å². The Balaban J connectivity index is 1.99. The predicted molar refractivity (Wildman–Crippen MR) is 77.9 cm³/mol. The molecule has 2 atom stereocenters. The molecule has 110 valence electrons. The molecule has 2 nitrogen and oxygen atoms in total. The first-order chi connectivity index (χ1) is 10.1. The summed E-state index contributed by atoms with van der Waals surface area (Å²) in [6.07, 6.45) is -0.922. The van der Waals surface area contributed by atoms with Gasteiger partial charge in [0.25, 0.3) is 0 Å². The summed E-state index contributed by atoms with van der Waals surface area (Å²) in [6.45, 7) is -0.0708. The molecule has 2 aromatic carbocycles. The third-order valence-corrected chi connectivity index (χ3v) is 4.80. The van der Waals surface area contributed by atoms with Crippen molar-refractivity contribution in [3.8, 4) is 5.75 Å². The fraction of sp³-hybridized carbons (Fsp3) is 0.200. The SMILES string of the molecule is OC1COc2c(F)ccc(F)c2C1Sc1ccc(Cl)cc1. The Hall–Kier alpha value is -1.30. The predicted octanol–water partition coefficient (Wildman–Crippen LogP) is 4.20. The van der Waals surface area contributed by atoms with Gasteiger partial charge in [0.05, 0.1) is 5.25 Å². The van der Waals surface area contributed by atoms with Gasteiger partial charge in [-0.15, -0.1) is 11.8 Å². The highest BCUT2D eigenvalue weighted by Crippen LogP contribution is 2.46. The van der Waals surface area contributed by atoms with Crippen LogP contribution in [0.4, 0.5) is 8.78 Å². The molecule has 3 rings (SSSR count). The average molecular weight is 329 g/mol. The molecule has 1 aliphatic heterocycles. The third-order valence-electron chi connectivity index (χ3n) is 3.20. The smallest absolute Gasteiger partial charge is 0.165 e. The van der Waals surface area contributed by atoms with E-state index in [0.717, 1.165) is 17.0 Å². The lowest BCUT2D eigenvalue weighted by Gasteiger charge is -2.30. The number of halogens is 3. The van der Waals surface area contributed by atoms with Crippen molar-refractivity contribution in [1.29, 1.82) is 0 Å². The molecule has 1 N–H and O–H groups in total. The number of fused-ring (bicyclic) bond motifs is 1. The summed E-state index contributed by atoms with van der Waals surface area (Å²) in [7, 11) is 0. The largest absolute Gasteiger partial charge is 0.487 e. The highest BCUT2D eigenvalue weighted by molar-refractivity contribution is 7.99. The van der Waals surface area contributed by atoms with E-state index in [4.69, 9.17) is 16.3 Å². The molecule has 6 heteroatoms. The second-order valence-corrected chi connectivity index (χ2v) is 6.29. The van der Waals surface area contributed by atoms with E-state index in [1.54, 1.807) is 24.3 Å². The molecule has 0 radical (unpaired) electrons. The summed E-state index contributed by atoms with van der Waals surface area (Å²) in [5.41, 5.74) is 0.0636. The number of hydrogen-bond acceptors (Lipinski definition) is 3. The van der Waals surface area contributed by atoms with E-state index in [2.05, 4.69) is 0 Å². The molecule has 0 saturated heterocycles. The fourth-order valence-corrected chi connectivity index (χ4v) is 3.49. The van der Waals surface area contributed by atoms with Gasteiger partial charge in [-0.25, -0.2) is 8.78 Å². The van der Waals surface area contributed by atoms with Crippen LogP contribution in [0, 0.1) is 11.6 Å². The van der Waals surface area contributed by atoms with Crippen LogP contribution < -0.4 is 4.74 Å². The number of thioether (sulfide) groups is 1. The van der Waals surface area contributed by atoms with Gasteiger partial charge in [-0.2, -0.15) is 0 Å². The number of aliphatic hydroxyl groups excluding tert-OH is 1. The quantitative estimate of drug-likeness (QED) is 0.895. The lowest BCUT2D eigenvalue weighted by Crippen LogP contribution is -2.30. The van der Waals surface area contributed by atoms with E-state index in [0.29, 0.717) is 5.02 Å². The lowest BCUT2D eigenvalue weighted by molar-refractivity contribution is 0.0846. The Kier molecular flexibility index (Phi) is 4.06. The minimum atomic E-state index is -0.922. The monoisotopic (exact) mass is 328 g/mol. The number of rotatable bonds is 2. The first-order valence-corrected chi connectivity index (χ1v) is 7.53. The third kappa shape index (κ3) is 2.86. The second kappa shape index (κ2) is 5.83. The highest BCUT2D eigenvalue weighted by atomic mass is 35.5. The maximum Gasteiger partial charge on any atom is 0.165 e. The van der Waals surface area contributed by atoms with Crippen LogP contribution in [0.1, 0.15) is 10.8 Å². The highest BCUT2D eigenvalue weighted by Gasteiger charge is 2.34. The molecule has 21 heavy (non-hydrogen) atoms. The van der Waals surface area contributed by atoms with Crippen LogP contribution in [0.2, 0.25) is 5.02 Å². The molecule has 0 bridgehead atoms. The molecular formula is C15H11ClF2O2S. The van der Waals surface area contributed by atoms with Crippen LogP contribution in [0.15, 0.2) is 41.3 Å². The van der Waals surface area contributed by atoms with Gasteiger partial charge in [0.2, 0.25) is 0 Å². The van der Waals surface area contributed by atoms with Crippen LogP contribution >= 0.6 is 23.4 Å². The zero-order valence-electron chi connectivity index (χ0n) is 10.7. The molecule has 1 heterocycles. The average Bonchev–Trinajstić information content (AvgIpc) is 2.47. The van der Waals surface area contributed by atoms with E-state index in [-0.39, 0.29) is 17.9 Å². The van der Waals surface area contributed by atoms with Gasteiger partial charge in [-0.05, 0) is 36.4 Å². The van der Waals surface area contributed by atoms with E-state index in [1.807, 2.05) is 0 Å². The van der Waals surface area contributed by atoms with Crippen LogP contribution in [0.3, 0.4) is 0 Å². The minimum absolute atomic E-state index is 0.0636. The summed E-state index contributed by atoms with van der Waals surface area (Å²) in [5, 5.41) is 10.0. The van der Waals surface area contributed by atoms with Crippen molar-refractivity contribution < 1.29 is 18.6 Å². The van der Waals surface area contributed by atoms with Gasteiger partial charge >= 0.3 is 0 Å². The molecule has 0 aromatic heterocycles. The summed E-state index contributed by atoms with van der Waals surface area (Å²) in [4.78, 5) is 0.806. The van der Waals surface area contributed by atoms with Crippen molar-refractivity contribution in [2.24, 2.45) is 0 Å². The van der Waals surface area contributed by atoms with Crippen LogP contribution in [-0.4, -0.2) is 17.8 Å². The topological polar surface area (TPSA) is 29.5 Å². The first-order valence-electron chi connectivity index (χ1n) is 6.27. The minimum Gasteiger partial charge on any atom is -0.487 e. The van der Waals surface area contributed by atoms with Crippen molar-refractivity contribution in [3.05, 3.63) is 58.6 Å². The van der Waals surface area contributed by atoms with Crippen molar-refractivity contribution in [2.45, 2.75) is 16.2 Å². The Morgan fingerprint density at radius 2 is 1.76 bits per heavy atom. The van der Waals surface area contributed by atoms with Crippen molar-refractivity contribution in [2.75, 3.05) is 6.61 Å². The van der Waals surface area contributed by atoms with Crippen LogP contribution in [-0.2, 0) is 0 Å². The normalized spacial score (nSPS) is 20.8. The molecule has 2 unspecified atom stereocenters. The van der Waals surface area contributed by atoms with E-state index >= 15 is 0 Å². The molecule has 0 spiro atoms. The Morgan fingerprint density at radius 3 is 2.48 bits per heavy atom. The number of benzene rings is 2. The summed E-state index contributed by atoms with van der Waals surface area (Å²) in [5.74, 6) is -1.33.